The van der Waals surface area contributed by atoms with Crippen LogP contribution in [0.15, 0.2) is 12.3 Å². The van der Waals surface area contributed by atoms with E-state index in [1.165, 1.54) is 11.0 Å². The molecule has 0 saturated carbocycles. The number of piperidine rings is 1. The predicted octanol–water partition coefficient (Wildman–Crippen LogP) is 0.981. The van der Waals surface area contributed by atoms with Gasteiger partial charge in [0.1, 0.15) is 16.9 Å². The van der Waals surface area contributed by atoms with Gasteiger partial charge in [0.2, 0.25) is 5.91 Å². The highest BCUT2D eigenvalue weighted by atomic mass is 35.5. The first-order valence-corrected chi connectivity index (χ1v) is 6.66. The van der Waals surface area contributed by atoms with E-state index >= 15 is 0 Å². The van der Waals surface area contributed by atoms with Crippen molar-refractivity contribution in [2.45, 2.75) is 12.8 Å². The van der Waals surface area contributed by atoms with Gasteiger partial charge in [-0.1, -0.05) is 11.6 Å². The molecule has 2 amide bonds. The monoisotopic (exact) mass is 312 g/mol. The van der Waals surface area contributed by atoms with Crippen LogP contribution in [0.3, 0.4) is 0 Å². The van der Waals surface area contributed by atoms with Gasteiger partial charge in [-0.15, -0.1) is 0 Å². The number of hydrogen-bond acceptors (Lipinski definition) is 5. The molecule has 0 radical (unpaired) electrons. The molecule has 1 aliphatic rings. The van der Waals surface area contributed by atoms with E-state index in [-0.39, 0.29) is 28.2 Å². The molecular formula is C12H13ClN4O4. The zero-order valence-electron chi connectivity index (χ0n) is 11.0. The smallest absolute Gasteiger partial charge is 0.300 e. The van der Waals surface area contributed by atoms with Gasteiger partial charge in [-0.05, 0) is 18.9 Å². The number of pyridine rings is 1. The Morgan fingerprint density at radius 1 is 1.43 bits per heavy atom. The van der Waals surface area contributed by atoms with Gasteiger partial charge in [0.15, 0.2) is 0 Å². The highest BCUT2D eigenvalue weighted by Gasteiger charge is 2.30. The summed E-state index contributed by atoms with van der Waals surface area (Å²) in [6, 6.07) is 1.18. The van der Waals surface area contributed by atoms with Crippen molar-refractivity contribution in [3.05, 3.63) is 33.1 Å². The van der Waals surface area contributed by atoms with Crippen molar-refractivity contribution in [2.75, 3.05) is 13.1 Å². The Hall–Kier alpha value is -2.22. The zero-order valence-corrected chi connectivity index (χ0v) is 11.7. The molecule has 1 aromatic heterocycles. The van der Waals surface area contributed by atoms with Crippen molar-refractivity contribution in [1.29, 1.82) is 0 Å². The van der Waals surface area contributed by atoms with Crippen molar-refractivity contribution in [3.63, 3.8) is 0 Å². The Balaban J connectivity index is 2.20. The van der Waals surface area contributed by atoms with Gasteiger partial charge in [-0.25, -0.2) is 4.98 Å². The lowest BCUT2D eigenvalue weighted by molar-refractivity contribution is -0.385. The van der Waals surface area contributed by atoms with Crippen LogP contribution in [0.25, 0.3) is 0 Å². The Labute approximate surface area is 125 Å². The maximum atomic E-state index is 12.4. The second kappa shape index (κ2) is 6.04. The summed E-state index contributed by atoms with van der Waals surface area (Å²) in [5.74, 6) is -1.14. The fourth-order valence-corrected chi connectivity index (χ4v) is 2.43. The largest absolute Gasteiger partial charge is 0.369 e. The summed E-state index contributed by atoms with van der Waals surface area (Å²) >= 11 is 5.70. The molecule has 21 heavy (non-hydrogen) atoms. The van der Waals surface area contributed by atoms with Gasteiger partial charge in [0.25, 0.3) is 11.6 Å². The molecule has 2 rings (SSSR count). The van der Waals surface area contributed by atoms with Gasteiger partial charge in [-0.3, -0.25) is 19.7 Å². The van der Waals surface area contributed by atoms with Crippen LogP contribution in [0, 0.1) is 16.0 Å². The molecule has 1 aliphatic heterocycles. The molecule has 1 fully saturated rings. The van der Waals surface area contributed by atoms with Crippen LogP contribution in [0.2, 0.25) is 5.15 Å². The first kappa shape index (κ1) is 15.2. The van der Waals surface area contributed by atoms with Crippen LogP contribution >= 0.6 is 11.6 Å². The molecule has 1 aromatic rings. The number of aromatic nitrogens is 1. The molecule has 0 bridgehead atoms. The number of nitrogens with zero attached hydrogens (tertiary/aromatic N) is 3. The summed E-state index contributed by atoms with van der Waals surface area (Å²) in [6.45, 7) is 0.646. The number of nitro groups is 1. The van der Waals surface area contributed by atoms with Gasteiger partial charge < -0.3 is 10.6 Å². The molecule has 2 N–H and O–H groups in total. The quantitative estimate of drug-likeness (QED) is 0.507. The number of nitrogens with two attached hydrogens (primary N) is 1. The summed E-state index contributed by atoms with van der Waals surface area (Å²) in [7, 11) is 0. The van der Waals surface area contributed by atoms with Crippen LogP contribution in [0.5, 0.6) is 0 Å². The van der Waals surface area contributed by atoms with Crippen LogP contribution in [0.1, 0.15) is 23.2 Å². The van der Waals surface area contributed by atoms with Crippen molar-refractivity contribution in [1.82, 2.24) is 9.88 Å². The molecule has 0 unspecified atom stereocenters. The van der Waals surface area contributed by atoms with Gasteiger partial charge in [0.05, 0.1) is 4.92 Å². The van der Waals surface area contributed by atoms with Crippen LogP contribution in [-0.2, 0) is 4.79 Å². The summed E-state index contributed by atoms with van der Waals surface area (Å²) in [6.07, 6.45) is 1.87. The fraction of sp³-hybridized carbons (Fsp3) is 0.417. The number of hydrogen-bond donors (Lipinski definition) is 1. The Morgan fingerprint density at radius 2 is 2.05 bits per heavy atom. The number of primary amides is 1. The molecule has 2 heterocycles. The summed E-state index contributed by atoms with van der Waals surface area (Å²) in [5, 5.41) is 11.0. The lowest BCUT2D eigenvalue weighted by Crippen LogP contribution is -2.41. The molecule has 1 saturated heterocycles. The molecule has 8 nitrogen and oxygen atoms in total. The van der Waals surface area contributed by atoms with Crippen molar-refractivity contribution in [3.8, 4) is 0 Å². The Bertz CT molecular complexity index is 599. The molecule has 0 atom stereocenters. The third kappa shape index (κ3) is 3.27. The molecule has 0 aromatic carbocycles. The zero-order chi connectivity index (χ0) is 15.6. The minimum absolute atomic E-state index is 0.0102. The molecule has 0 aliphatic carbocycles. The SMILES string of the molecule is NC(=O)C1CCN(C(=O)c2cc(Cl)ncc2[N+](=O)[O-])CC1. The van der Waals surface area contributed by atoms with E-state index in [0.29, 0.717) is 25.9 Å². The fourth-order valence-electron chi connectivity index (χ4n) is 2.28. The van der Waals surface area contributed by atoms with E-state index in [1.54, 1.807) is 0 Å². The summed E-state index contributed by atoms with van der Waals surface area (Å²) < 4.78 is 0. The number of rotatable bonds is 3. The van der Waals surface area contributed by atoms with E-state index in [9.17, 15) is 19.7 Å². The number of halogens is 1. The molecule has 9 heteroatoms. The average Bonchev–Trinajstić information content (AvgIpc) is 2.46. The topological polar surface area (TPSA) is 119 Å². The van der Waals surface area contributed by atoms with Gasteiger partial charge in [-0.2, -0.15) is 0 Å². The molecule has 0 spiro atoms. The van der Waals surface area contributed by atoms with Crippen LogP contribution in [0.4, 0.5) is 5.69 Å². The Kier molecular flexibility index (Phi) is 4.37. The summed E-state index contributed by atoms with van der Waals surface area (Å²) in [5.41, 5.74) is 4.74. The summed E-state index contributed by atoms with van der Waals surface area (Å²) in [4.78, 5) is 38.8. The van der Waals surface area contributed by atoms with Crippen molar-refractivity contribution in [2.24, 2.45) is 11.7 Å². The third-order valence-electron chi connectivity index (χ3n) is 3.46. The second-order valence-electron chi connectivity index (χ2n) is 4.75. The van der Waals surface area contributed by atoms with Crippen LogP contribution < -0.4 is 5.73 Å². The van der Waals surface area contributed by atoms with Crippen LogP contribution in [-0.4, -0.2) is 39.7 Å². The average molecular weight is 313 g/mol. The van der Waals surface area contributed by atoms with E-state index in [4.69, 9.17) is 17.3 Å². The third-order valence-corrected chi connectivity index (χ3v) is 3.67. The van der Waals surface area contributed by atoms with E-state index in [2.05, 4.69) is 4.98 Å². The lowest BCUT2D eigenvalue weighted by atomic mass is 9.96. The van der Waals surface area contributed by atoms with Gasteiger partial charge in [0, 0.05) is 19.0 Å². The standard InChI is InChI=1S/C12H13ClN4O4/c13-10-5-8(9(6-15-10)17(20)21)12(19)16-3-1-7(2-4-16)11(14)18/h5-7H,1-4H2,(H2,14,18). The lowest BCUT2D eigenvalue weighted by Gasteiger charge is -2.30. The number of amides is 2. The van der Waals surface area contributed by atoms with E-state index in [0.717, 1.165) is 6.20 Å². The number of carbonyl (C=O) groups is 2. The minimum Gasteiger partial charge on any atom is -0.369 e. The first-order chi connectivity index (χ1) is 9.90. The normalized spacial score (nSPS) is 15.8. The molecule has 112 valence electrons. The Morgan fingerprint density at radius 3 is 2.57 bits per heavy atom. The minimum atomic E-state index is -0.674. The maximum Gasteiger partial charge on any atom is 0.300 e. The highest BCUT2D eigenvalue weighted by Crippen LogP contribution is 2.24. The number of likely N-dealkylation sites (tertiary alicyclic amines) is 1. The van der Waals surface area contributed by atoms with Crippen molar-refractivity contribution < 1.29 is 14.5 Å². The maximum absolute atomic E-state index is 12.4. The van der Waals surface area contributed by atoms with E-state index < -0.39 is 10.8 Å². The highest BCUT2D eigenvalue weighted by molar-refractivity contribution is 6.29. The number of carbonyl (C=O) groups excluding carboxylic acids is 2. The van der Waals surface area contributed by atoms with Gasteiger partial charge >= 0.3 is 0 Å². The van der Waals surface area contributed by atoms with Crippen molar-refractivity contribution >= 4 is 29.1 Å². The second-order valence-corrected chi connectivity index (χ2v) is 5.14. The predicted molar refractivity (Wildman–Crippen MR) is 73.7 cm³/mol. The first-order valence-electron chi connectivity index (χ1n) is 6.28. The molecular weight excluding hydrogens is 300 g/mol. The van der Waals surface area contributed by atoms with E-state index in [1.807, 2.05) is 0 Å².